The molecule has 2 aromatic carbocycles. The predicted molar refractivity (Wildman–Crippen MR) is 186 cm³/mol. The Labute approximate surface area is 282 Å². The van der Waals surface area contributed by atoms with Crippen LogP contribution in [0.1, 0.15) is 110 Å². The molecule has 0 bridgehead atoms. The Morgan fingerprint density at radius 3 is 1.89 bits per heavy atom. The number of nitrogens with zero attached hydrogens (tertiary/aromatic N) is 1. The molecule has 9 heteroatoms. The number of carbonyl (C=O) groups excluding carboxylic acids is 4. The minimum Gasteiger partial charge on any atom is -0.458 e. The number of aryl methyl sites for hydroxylation is 2. The first-order valence-corrected chi connectivity index (χ1v) is 16.7. The molecule has 5 unspecified atom stereocenters. The van der Waals surface area contributed by atoms with Gasteiger partial charge in [0.2, 0.25) is 11.8 Å². The number of hydrogen-bond acceptors (Lipinski definition) is 6. The zero-order chi connectivity index (χ0) is 35.7. The van der Waals surface area contributed by atoms with E-state index in [1.54, 1.807) is 46.4 Å². The fraction of sp³-hybridized carbons (Fsp3) is 0.579. The second kappa shape index (κ2) is 16.8. The van der Waals surface area contributed by atoms with Gasteiger partial charge in [-0.05, 0) is 96.9 Å². The number of amides is 3. The lowest BCUT2D eigenvalue weighted by Crippen LogP contribution is -2.58. The third kappa shape index (κ3) is 12.0. The number of esters is 1. The fourth-order valence-corrected chi connectivity index (χ4v) is 5.11. The third-order valence-electron chi connectivity index (χ3n) is 8.14. The predicted octanol–water partition coefficient (Wildman–Crippen LogP) is 6.98. The van der Waals surface area contributed by atoms with E-state index in [2.05, 4.69) is 10.6 Å². The molecule has 260 valence electrons. The molecule has 0 aliphatic heterocycles. The van der Waals surface area contributed by atoms with Crippen molar-refractivity contribution in [3.8, 4) is 0 Å². The SMILES string of the molecule is CCC(C)C(NC(=O)OC(C)(C)C)C(=O)N(C(C)CC)C(C(=O)NC(Cc1ccccc1)C(=O)OC(C)(C)C)c1ccc(C)c(C)c1. The van der Waals surface area contributed by atoms with Crippen molar-refractivity contribution in [3.63, 3.8) is 0 Å². The summed E-state index contributed by atoms with van der Waals surface area (Å²) in [6, 6.07) is 11.6. The molecule has 5 atom stereocenters. The Hall–Kier alpha value is -3.88. The molecule has 3 amide bonds. The van der Waals surface area contributed by atoms with Crippen molar-refractivity contribution < 1.29 is 28.7 Å². The summed E-state index contributed by atoms with van der Waals surface area (Å²) >= 11 is 0. The quantitative estimate of drug-likeness (QED) is 0.226. The standard InChI is InChI=1S/C38H57N3O6/c1-13-24(3)31(40-36(45)47-38(10,11)12)34(43)41(27(6)14-2)32(29-21-20-25(4)26(5)22-29)33(42)39-30(35(44)46-37(7,8)9)23-28-18-16-15-17-19-28/h15-22,24,27,30-32H,13-14,23H2,1-12H3,(H,39,42)(H,40,45). The van der Waals surface area contributed by atoms with E-state index < -0.39 is 59.2 Å². The maximum absolute atomic E-state index is 14.7. The Morgan fingerprint density at radius 2 is 1.38 bits per heavy atom. The molecule has 0 aromatic heterocycles. The van der Waals surface area contributed by atoms with Gasteiger partial charge < -0.3 is 25.0 Å². The van der Waals surface area contributed by atoms with Crippen LogP contribution in [0.5, 0.6) is 0 Å². The molecule has 0 aliphatic carbocycles. The number of benzene rings is 2. The highest BCUT2D eigenvalue weighted by atomic mass is 16.6. The van der Waals surface area contributed by atoms with Crippen LogP contribution in [0.4, 0.5) is 4.79 Å². The maximum Gasteiger partial charge on any atom is 0.408 e. The van der Waals surface area contributed by atoms with Crippen molar-refractivity contribution in [1.82, 2.24) is 15.5 Å². The zero-order valence-corrected chi connectivity index (χ0v) is 30.5. The van der Waals surface area contributed by atoms with Crippen LogP contribution in [0.15, 0.2) is 48.5 Å². The number of carbonyl (C=O) groups is 4. The zero-order valence-electron chi connectivity index (χ0n) is 30.5. The van der Waals surface area contributed by atoms with Crippen LogP contribution in [-0.4, -0.2) is 58.1 Å². The molecule has 0 saturated heterocycles. The number of ether oxygens (including phenoxy) is 2. The highest BCUT2D eigenvalue weighted by Crippen LogP contribution is 2.29. The molecule has 0 spiro atoms. The molecule has 47 heavy (non-hydrogen) atoms. The summed E-state index contributed by atoms with van der Waals surface area (Å²) in [5.41, 5.74) is 1.90. The van der Waals surface area contributed by atoms with Crippen molar-refractivity contribution in [2.24, 2.45) is 5.92 Å². The van der Waals surface area contributed by atoms with Crippen molar-refractivity contribution >= 4 is 23.9 Å². The van der Waals surface area contributed by atoms with Gasteiger partial charge in [-0.1, -0.05) is 75.7 Å². The van der Waals surface area contributed by atoms with E-state index in [1.165, 1.54) is 0 Å². The van der Waals surface area contributed by atoms with Crippen LogP contribution in [0, 0.1) is 19.8 Å². The van der Waals surface area contributed by atoms with E-state index >= 15 is 0 Å². The van der Waals surface area contributed by atoms with Crippen molar-refractivity contribution in [3.05, 3.63) is 70.8 Å². The van der Waals surface area contributed by atoms with Crippen LogP contribution in [-0.2, 0) is 30.3 Å². The van der Waals surface area contributed by atoms with Gasteiger partial charge in [-0.15, -0.1) is 0 Å². The molecule has 0 saturated carbocycles. The number of rotatable bonds is 13. The fourth-order valence-electron chi connectivity index (χ4n) is 5.11. The average Bonchev–Trinajstić information content (AvgIpc) is 2.97. The summed E-state index contributed by atoms with van der Waals surface area (Å²) in [6.07, 6.45) is 0.632. The molecular formula is C38H57N3O6. The monoisotopic (exact) mass is 651 g/mol. The molecule has 2 rings (SSSR count). The number of hydrogen-bond donors (Lipinski definition) is 2. The van der Waals surface area contributed by atoms with Crippen LogP contribution >= 0.6 is 0 Å². The van der Waals surface area contributed by atoms with Crippen molar-refractivity contribution in [2.45, 2.75) is 138 Å². The molecule has 2 aromatic rings. The molecule has 0 radical (unpaired) electrons. The summed E-state index contributed by atoms with van der Waals surface area (Å²) in [5, 5.41) is 5.78. The van der Waals surface area contributed by atoms with Crippen LogP contribution in [0.25, 0.3) is 0 Å². The van der Waals surface area contributed by atoms with Gasteiger partial charge in [0.05, 0.1) is 0 Å². The lowest BCUT2D eigenvalue weighted by atomic mass is 9.93. The van der Waals surface area contributed by atoms with Gasteiger partial charge in [0.25, 0.3) is 0 Å². The molecular weight excluding hydrogens is 594 g/mol. The van der Waals surface area contributed by atoms with E-state index in [4.69, 9.17) is 9.47 Å². The van der Waals surface area contributed by atoms with Gasteiger partial charge in [-0.25, -0.2) is 9.59 Å². The van der Waals surface area contributed by atoms with Gasteiger partial charge in [0, 0.05) is 12.5 Å². The van der Waals surface area contributed by atoms with Crippen LogP contribution in [0.2, 0.25) is 0 Å². The summed E-state index contributed by atoms with van der Waals surface area (Å²) in [6.45, 7) is 22.2. The van der Waals surface area contributed by atoms with E-state index in [1.807, 2.05) is 90.1 Å². The Morgan fingerprint density at radius 1 is 0.787 bits per heavy atom. The Balaban J connectivity index is 2.69. The van der Waals surface area contributed by atoms with E-state index in [0.29, 0.717) is 18.4 Å². The van der Waals surface area contributed by atoms with Gasteiger partial charge in [0.1, 0.15) is 29.3 Å². The van der Waals surface area contributed by atoms with Crippen LogP contribution in [0.3, 0.4) is 0 Å². The first-order valence-electron chi connectivity index (χ1n) is 16.7. The largest absolute Gasteiger partial charge is 0.458 e. The summed E-state index contributed by atoms with van der Waals surface area (Å²) < 4.78 is 11.3. The second-order valence-corrected chi connectivity index (χ2v) is 14.5. The Kier molecular flexibility index (Phi) is 14.0. The number of alkyl carbamates (subject to hydrolysis) is 1. The smallest absolute Gasteiger partial charge is 0.408 e. The second-order valence-electron chi connectivity index (χ2n) is 14.5. The maximum atomic E-state index is 14.7. The van der Waals surface area contributed by atoms with E-state index in [9.17, 15) is 19.2 Å². The van der Waals surface area contributed by atoms with Gasteiger partial charge in [-0.3, -0.25) is 9.59 Å². The highest BCUT2D eigenvalue weighted by molar-refractivity contribution is 5.94. The number of nitrogens with one attached hydrogen (secondary N) is 2. The Bertz CT molecular complexity index is 1360. The minimum atomic E-state index is -1.11. The average molecular weight is 652 g/mol. The molecule has 0 fully saturated rings. The normalized spacial score (nSPS) is 15.0. The summed E-state index contributed by atoms with van der Waals surface area (Å²) in [5.74, 6) is -1.76. The topological polar surface area (TPSA) is 114 Å². The summed E-state index contributed by atoms with van der Waals surface area (Å²) in [4.78, 5) is 57.4. The first-order chi connectivity index (χ1) is 21.8. The van der Waals surface area contributed by atoms with E-state index in [0.717, 1.165) is 16.7 Å². The molecule has 0 aliphatic rings. The van der Waals surface area contributed by atoms with Gasteiger partial charge >= 0.3 is 12.1 Å². The lowest BCUT2D eigenvalue weighted by molar-refractivity contribution is -0.159. The third-order valence-corrected chi connectivity index (χ3v) is 8.14. The highest BCUT2D eigenvalue weighted by Gasteiger charge is 2.41. The van der Waals surface area contributed by atoms with Crippen molar-refractivity contribution in [2.75, 3.05) is 0 Å². The lowest BCUT2D eigenvalue weighted by Gasteiger charge is -2.40. The van der Waals surface area contributed by atoms with Gasteiger partial charge in [-0.2, -0.15) is 0 Å². The first kappa shape index (κ1) is 39.3. The van der Waals surface area contributed by atoms with Crippen molar-refractivity contribution in [1.29, 1.82) is 0 Å². The van der Waals surface area contributed by atoms with Crippen LogP contribution < -0.4 is 10.6 Å². The molecule has 2 N–H and O–H groups in total. The molecule has 9 nitrogen and oxygen atoms in total. The summed E-state index contributed by atoms with van der Waals surface area (Å²) in [7, 11) is 0. The molecule has 0 heterocycles. The minimum absolute atomic E-state index is 0.202. The van der Waals surface area contributed by atoms with E-state index in [-0.39, 0.29) is 12.3 Å². The van der Waals surface area contributed by atoms with Gasteiger partial charge in [0.15, 0.2) is 0 Å².